The van der Waals surface area contributed by atoms with Crippen LogP contribution in [-0.4, -0.2) is 24.7 Å². The van der Waals surface area contributed by atoms with Crippen LogP contribution in [0.15, 0.2) is 29.1 Å². The molecule has 0 aliphatic rings. The van der Waals surface area contributed by atoms with Crippen molar-refractivity contribution in [1.29, 1.82) is 5.26 Å². The Kier molecular flexibility index (Phi) is 6.02. The molecule has 0 fully saturated rings. The number of methoxy groups -OCH3 is 2. The van der Waals surface area contributed by atoms with Crippen molar-refractivity contribution in [1.82, 2.24) is 9.88 Å². The molecule has 1 heterocycles. The Labute approximate surface area is 151 Å². The van der Waals surface area contributed by atoms with Gasteiger partial charge in [-0.2, -0.15) is 5.26 Å². The molecule has 2 rings (SSSR count). The van der Waals surface area contributed by atoms with Crippen LogP contribution >= 0.6 is 0 Å². The van der Waals surface area contributed by atoms with Gasteiger partial charge in [0.15, 0.2) is 11.5 Å². The standard InChI is InChI=1S/C19H21N3O4/c1-12-7-13(2)22(19(24)15(12)9-20)11-18(23)21-10-14-5-6-16(25-3)17(8-14)26-4/h5-8H,10-11H2,1-4H3,(H,21,23). The molecule has 1 N–H and O–H groups in total. The highest BCUT2D eigenvalue weighted by molar-refractivity contribution is 5.75. The van der Waals surface area contributed by atoms with Crippen molar-refractivity contribution < 1.29 is 14.3 Å². The van der Waals surface area contributed by atoms with Gasteiger partial charge in [0.2, 0.25) is 5.91 Å². The third kappa shape index (κ3) is 4.03. The first-order valence-corrected chi connectivity index (χ1v) is 8.00. The third-order valence-electron chi connectivity index (χ3n) is 4.06. The number of hydrogen-bond acceptors (Lipinski definition) is 5. The molecule has 0 saturated heterocycles. The van der Waals surface area contributed by atoms with Crippen molar-refractivity contribution in [3.8, 4) is 17.6 Å². The van der Waals surface area contributed by atoms with Gasteiger partial charge in [-0.25, -0.2) is 0 Å². The molecule has 0 saturated carbocycles. The van der Waals surface area contributed by atoms with Crippen LogP contribution in [0.1, 0.15) is 22.4 Å². The molecule has 0 bridgehead atoms. The third-order valence-corrected chi connectivity index (χ3v) is 4.06. The van der Waals surface area contributed by atoms with Gasteiger partial charge in [-0.15, -0.1) is 0 Å². The summed E-state index contributed by atoms with van der Waals surface area (Å²) < 4.78 is 11.7. The predicted molar refractivity (Wildman–Crippen MR) is 96.3 cm³/mol. The van der Waals surface area contributed by atoms with Gasteiger partial charge >= 0.3 is 0 Å². The van der Waals surface area contributed by atoms with E-state index in [1.807, 2.05) is 12.1 Å². The van der Waals surface area contributed by atoms with Gasteiger partial charge in [-0.05, 0) is 43.2 Å². The summed E-state index contributed by atoms with van der Waals surface area (Å²) in [7, 11) is 3.09. The van der Waals surface area contributed by atoms with Crippen LogP contribution < -0.4 is 20.3 Å². The maximum atomic E-state index is 12.3. The quantitative estimate of drug-likeness (QED) is 0.851. The largest absolute Gasteiger partial charge is 0.493 e. The summed E-state index contributed by atoms with van der Waals surface area (Å²) in [4.78, 5) is 24.6. The summed E-state index contributed by atoms with van der Waals surface area (Å²) in [5.41, 5.74) is 1.68. The minimum Gasteiger partial charge on any atom is -0.493 e. The smallest absolute Gasteiger partial charge is 0.269 e. The van der Waals surface area contributed by atoms with E-state index in [0.717, 1.165) is 5.56 Å². The molecule has 0 aliphatic carbocycles. The number of nitrogens with zero attached hydrogens (tertiary/aromatic N) is 2. The van der Waals surface area contributed by atoms with Gasteiger partial charge in [0.1, 0.15) is 18.2 Å². The number of benzene rings is 1. The van der Waals surface area contributed by atoms with Crippen molar-refractivity contribution in [2.45, 2.75) is 26.9 Å². The van der Waals surface area contributed by atoms with Crippen molar-refractivity contribution >= 4 is 5.91 Å². The Hall–Kier alpha value is -3.27. The normalized spacial score (nSPS) is 10.1. The average Bonchev–Trinajstić information content (AvgIpc) is 2.63. The van der Waals surface area contributed by atoms with Crippen molar-refractivity contribution in [3.05, 3.63) is 57.0 Å². The number of aromatic nitrogens is 1. The summed E-state index contributed by atoms with van der Waals surface area (Å²) in [6.07, 6.45) is 0. The first-order valence-electron chi connectivity index (χ1n) is 8.00. The van der Waals surface area contributed by atoms with Gasteiger partial charge in [0.25, 0.3) is 5.56 Å². The first-order chi connectivity index (χ1) is 12.4. The molecule has 2 aromatic rings. The number of hydrogen-bond donors (Lipinski definition) is 1. The Bertz CT molecular complexity index is 926. The van der Waals surface area contributed by atoms with Crippen LogP contribution in [0, 0.1) is 25.2 Å². The number of nitrogens with one attached hydrogen (secondary N) is 1. The second kappa shape index (κ2) is 8.21. The Morgan fingerprint density at radius 3 is 2.50 bits per heavy atom. The molecule has 26 heavy (non-hydrogen) atoms. The van der Waals surface area contributed by atoms with Gasteiger partial charge in [0.05, 0.1) is 14.2 Å². The van der Waals surface area contributed by atoms with E-state index in [1.54, 1.807) is 46.3 Å². The molecule has 1 amide bonds. The number of carbonyl (C=O) groups excluding carboxylic acids is 1. The van der Waals surface area contributed by atoms with Crippen LogP contribution in [0.25, 0.3) is 0 Å². The fourth-order valence-electron chi connectivity index (χ4n) is 2.65. The number of nitriles is 1. The van der Waals surface area contributed by atoms with E-state index in [0.29, 0.717) is 22.8 Å². The molecule has 0 spiro atoms. The second-order valence-corrected chi connectivity index (χ2v) is 5.81. The van der Waals surface area contributed by atoms with Gasteiger partial charge in [-0.1, -0.05) is 6.07 Å². The topological polar surface area (TPSA) is 93.4 Å². The zero-order valence-corrected chi connectivity index (χ0v) is 15.3. The second-order valence-electron chi connectivity index (χ2n) is 5.81. The SMILES string of the molecule is COc1ccc(CNC(=O)Cn2c(C)cc(C)c(C#N)c2=O)cc1OC. The first kappa shape index (κ1) is 19.1. The fraction of sp³-hybridized carbons (Fsp3) is 0.316. The summed E-state index contributed by atoms with van der Waals surface area (Å²) in [5.74, 6) is 0.856. The molecule has 1 aromatic heterocycles. The maximum Gasteiger partial charge on any atom is 0.269 e. The summed E-state index contributed by atoms with van der Waals surface area (Å²) in [6.45, 7) is 3.57. The lowest BCUT2D eigenvalue weighted by molar-refractivity contribution is -0.121. The maximum absolute atomic E-state index is 12.3. The Morgan fingerprint density at radius 1 is 1.19 bits per heavy atom. The van der Waals surface area contributed by atoms with E-state index < -0.39 is 5.56 Å². The average molecular weight is 355 g/mol. The van der Waals surface area contributed by atoms with Gasteiger partial charge in [0, 0.05) is 12.2 Å². The lowest BCUT2D eigenvalue weighted by Gasteiger charge is -2.13. The van der Waals surface area contributed by atoms with E-state index >= 15 is 0 Å². The lowest BCUT2D eigenvalue weighted by Crippen LogP contribution is -2.34. The van der Waals surface area contributed by atoms with Crippen molar-refractivity contribution in [2.24, 2.45) is 0 Å². The van der Waals surface area contributed by atoms with E-state index in [9.17, 15) is 9.59 Å². The number of carbonyl (C=O) groups is 1. The Balaban J connectivity index is 2.11. The molecular weight excluding hydrogens is 334 g/mol. The highest BCUT2D eigenvalue weighted by atomic mass is 16.5. The molecule has 136 valence electrons. The van der Waals surface area contributed by atoms with Crippen LogP contribution in [-0.2, 0) is 17.9 Å². The monoisotopic (exact) mass is 355 g/mol. The van der Waals surface area contributed by atoms with E-state index in [-0.39, 0.29) is 24.6 Å². The number of aryl methyl sites for hydroxylation is 2. The number of ether oxygens (including phenoxy) is 2. The van der Waals surface area contributed by atoms with E-state index in [4.69, 9.17) is 14.7 Å². The van der Waals surface area contributed by atoms with E-state index in [2.05, 4.69) is 5.32 Å². The van der Waals surface area contributed by atoms with Crippen molar-refractivity contribution in [2.75, 3.05) is 14.2 Å². The molecule has 0 atom stereocenters. The molecule has 0 aliphatic heterocycles. The van der Waals surface area contributed by atoms with Gasteiger partial charge in [-0.3, -0.25) is 9.59 Å². The fourth-order valence-corrected chi connectivity index (χ4v) is 2.65. The Morgan fingerprint density at radius 2 is 1.88 bits per heavy atom. The minimum absolute atomic E-state index is 0.0586. The molecule has 0 radical (unpaired) electrons. The molecule has 0 unspecified atom stereocenters. The summed E-state index contributed by atoms with van der Waals surface area (Å²) >= 11 is 0. The molecule has 7 heteroatoms. The predicted octanol–water partition coefficient (Wildman–Crippen LogP) is 1.67. The summed E-state index contributed by atoms with van der Waals surface area (Å²) in [6, 6.07) is 8.97. The minimum atomic E-state index is -0.453. The van der Waals surface area contributed by atoms with Crippen LogP contribution in [0.2, 0.25) is 0 Å². The number of amides is 1. The number of rotatable bonds is 6. The summed E-state index contributed by atoms with van der Waals surface area (Å²) in [5, 5.41) is 11.9. The van der Waals surface area contributed by atoms with Gasteiger partial charge < -0.3 is 19.4 Å². The van der Waals surface area contributed by atoms with Crippen LogP contribution in [0.3, 0.4) is 0 Å². The molecule has 7 nitrogen and oxygen atoms in total. The van der Waals surface area contributed by atoms with E-state index in [1.165, 1.54) is 4.57 Å². The van der Waals surface area contributed by atoms with Crippen LogP contribution in [0.4, 0.5) is 0 Å². The zero-order chi connectivity index (χ0) is 19.3. The highest BCUT2D eigenvalue weighted by Crippen LogP contribution is 2.27. The van der Waals surface area contributed by atoms with Crippen LogP contribution in [0.5, 0.6) is 11.5 Å². The lowest BCUT2D eigenvalue weighted by atomic mass is 10.1. The van der Waals surface area contributed by atoms with Crippen molar-refractivity contribution in [3.63, 3.8) is 0 Å². The zero-order valence-electron chi connectivity index (χ0n) is 15.3. The molecular formula is C19H21N3O4. The highest BCUT2D eigenvalue weighted by Gasteiger charge is 2.13. The number of pyridine rings is 1. The molecule has 1 aromatic carbocycles.